The minimum absolute atomic E-state index is 0.0785. The van der Waals surface area contributed by atoms with Crippen molar-refractivity contribution in [2.24, 2.45) is 17.3 Å². The van der Waals surface area contributed by atoms with E-state index in [-0.39, 0.29) is 17.5 Å². The maximum Gasteiger partial charge on any atom is 0.238 e. The third-order valence-electron chi connectivity index (χ3n) is 9.11. The van der Waals surface area contributed by atoms with Gasteiger partial charge in [-0.05, 0) is 60.2 Å². The number of rotatable bonds is 5. The highest BCUT2D eigenvalue weighted by Gasteiger charge is 2.71. The van der Waals surface area contributed by atoms with E-state index in [1.54, 1.807) is 0 Å². The fourth-order valence-electron chi connectivity index (χ4n) is 7.30. The molecule has 0 bridgehead atoms. The molecule has 3 aliphatic rings. The summed E-state index contributed by atoms with van der Waals surface area (Å²) >= 11 is 6.44. The third kappa shape index (κ3) is 4.16. The van der Waals surface area contributed by atoms with E-state index in [9.17, 15) is 14.4 Å². The average molecular weight is 581 g/mol. The zero-order chi connectivity index (χ0) is 30.1. The molecule has 4 atom stereocenters. The molecule has 1 N–H and O–H groups in total. The van der Waals surface area contributed by atoms with Crippen molar-refractivity contribution in [1.29, 1.82) is 0 Å². The number of halogens is 1. The average Bonchev–Trinajstić information content (AvgIpc) is 3.40. The van der Waals surface area contributed by atoms with Crippen molar-refractivity contribution in [1.82, 2.24) is 0 Å². The molecule has 3 aliphatic heterocycles. The number of amides is 1. The van der Waals surface area contributed by atoms with E-state index >= 15 is 0 Å². The molecule has 6 heteroatoms. The first kappa shape index (κ1) is 28.4. The van der Waals surface area contributed by atoms with E-state index in [1.165, 1.54) is 0 Å². The smallest absolute Gasteiger partial charge is 0.238 e. The van der Waals surface area contributed by atoms with Gasteiger partial charge in [-0.15, -0.1) is 0 Å². The van der Waals surface area contributed by atoms with Gasteiger partial charge in [0, 0.05) is 32.9 Å². The predicted octanol–water partition coefficient (Wildman–Crippen LogP) is 7.52. The Bertz CT molecular complexity index is 1650. The Labute approximate surface area is 253 Å². The lowest BCUT2D eigenvalue weighted by Gasteiger charge is -2.40. The zero-order valence-electron chi connectivity index (χ0n) is 25.0. The van der Waals surface area contributed by atoms with Gasteiger partial charge in [0.05, 0.1) is 12.0 Å². The molecule has 0 saturated carbocycles. The number of hydrogen-bond acceptors (Lipinski definition) is 4. The van der Waals surface area contributed by atoms with Gasteiger partial charge in [0.2, 0.25) is 5.91 Å². The predicted molar refractivity (Wildman–Crippen MR) is 169 cm³/mol. The molecule has 3 aromatic carbocycles. The number of hydrogen-bond donors (Lipinski definition) is 1. The largest absolute Gasteiger partial charge is 0.352 e. The molecule has 6 rings (SSSR count). The summed E-state index contributed by atoms with van der Waals surface area (Å²) in [7, 11) is 0. The number of ketones is 2. The molecule has 1 spiro atoms. The van der Waals surface area contributed by atoms with E-state index in [0.717, 1.165) is 34.4 Å². The van der Waals surface area contributed by atoms with Crippen molar-refractivity contribution >= 4 is 46.0 Å². The Morgan fingerprint density at radius 1 is 1.02 bits per heavy atom. The van der Waals surface area contributed by atoms with Crippen LogP contribution < -0.4 is 10.2 Å². The monoisotopic (exact) mass is 580 g/mol. The zero-order valence-corrected chi connectivity index (χ0v) is 25.8. The second-order valence-electron chi connectivity index (χ2n) is 13.4. The summed E-state index contributed by atoms with van der Waals surface area (Å²) in [6.45, 7) is 12.0. The van der Waals surface area contributed by atoms with Crippen molar-refractivity contribution in [3.63, 3.8) is 0 Å². The number of anilines is 2. The van der Waals surface area contributed by atoms with Crippen molar-refractivity contribution in [3.05, 3.63) is 100 Å². The molecule has 3 heterocycles. The highest BCUT2D eigenvalue weighted by atomic mass is 35.5. The van der Waals surface area contributed by atoms with Gasteiger partial charge in [-0.1, -0.05) is 94.8 Å². The summed E-state index contributed by atoms with van der Waals surface area (Å²) < 4.78 is 0. The van der Waals surface area contributed by atoms with E-state index in [1.807, 2.05) is 99.3 Å². The van der Waals surface area contributed by atoms with Crippen molar-refractivity contribution in [2.75, 3.05) is 10.2 Å². The summed E-state index contributed by atoms with van der Waals surface area (Å²) in [6.07, 6.45) is 2.96. The fourth-order valence-corrected chi connectivity index (χ4v) is 7.48. The Hall–Kier alpha value is -3.70. The summed E-state index contributed by atoms with van der Waals surface area (Å²) in [5, 5.41) is 3.69. The van der Waals surface area contributed by atoms with Crippen LogP contribution in [0.3, 0.4) is 0 Å². The normalized spacial score (nSPS) is 24.3. The van der Waals surface area contributed by atoms with E-state index < -0.39 is 28.8 Å². The molecule has 3 aromatic rings. The molecule has 0 aliphatic carbocycles. The molecule has 0 aromatic heterocycles. The number of carbonyl (C=O) groups excluding carboxylic acids is 3. The van der Waals surface area contributed by atoms with Crippen molar-refractivity contribution in [3.8, 4) is 0 Å². The van der Waals surface area contributed by atoms with Gasteiger partial charge in [0.15, 0.2) is 11.6 Å². The molecule has 1 saturated heterocycles. The van der Waals surface area contributed by atoms with Gasteiger partial charge in [0.1, 0.15) is 11.5 Å². The van der Waals surface area contributed by atoms with Gasteiger partial charge in [-0.3, -0.25) is 14.4 Å². The van der Waals surface area contributed by atoms with Crippen molar-refractivity contribution in [2.45, 2.75) is 65.5 Å². The van der Waals surface area contributed by atoms with Crippen molar-refractivity contribution < 1.29 is 14.4 Å². The first-order valence-corrected chi connectivity index (χ1v) is 15.1. The van der Waals surface area contributed by atoms with Crippen LogP contribution in [0.15, 0.2) is 72.8 Å². The number of nitrogens with one attached hydrogen (secondary N) is 1. The lowest BCUT2D eigenvalue weighted by atomic mass is 9.63. The molecule has 0 radical (unpaired) electrons. The fraction of sp³-hybridized carbons (Fsp3) is 0.361. The van der Waals surface area contributed by atoms with Gasteiger partial charge in [0.25, 0.3) is 0 Å². The van der Waals surface area contributed by atoms with Crippen LogP contribution in [0.4, 0.5) is 11.4 Å². The quantitative estimate of drug-likeness (QED) is 0.317. The first-order valence-electron chi connectivity index (χ1n) is 14.7. The minimum Gasteiger partial charge on any atom is -0.352 e. The summed E-state index contributed by atoms with van der Waals surface area (Å²) in [5.41, 5.74) is 3.69. The number of Topliss-reactive ketones (excluding diaryl/α,β-unsaturated/α-hetero) is 2. The van der Waals surface area contributed by atoms with E-state index in [4.69, 9.17) is 11.6 Å². The molecule has 1 fully saturated rings. The van der Waals surface area contributed by atoms with Crippen LogP contribution in [0, 0.1) is 17.3 Å². The highest BCUT2D eigenvalue weighted by molar-refractivity contribution is 6.31. The molecular formula is C36H37ClN2O3. The SMILES string of the molecule is CC1=C[C@H]2N(c3ccc(Cl)cc31)[C@H](C(=O)C(C)(C)C)[C@@H](C(=O)c1ccc(CC(C)C)cc1)[C@]21C(=O)Nc2ccccc21. The Morgan fingerprint density at radius 3 is 2.38 bits per heavy atom. The molecule has 1 amide bonds. The van der Waals surface area contributed by atoms with Gasteiger partial charge < -0.3 is 10.2 Å². The second kappa shape index (κ2) is 9.95. The molecule has 216 valence electrons. The summed E-state index contributed by atoms with van der Waals surface area (Å²) in [4.78, 5) is 46.0. The minimum atomic E-state index is -1.31. The van der Waals surface area contributed by atoms with Gasteiger partial charge in [-0.2, -0.15) is 0 Å². The van der Waals surface area contributed by atoms with Crippen LogP contribution in [0.1, 0.15) is 68.6 Å². The van der Waals surface area contributed by atoms with E-state index in [2.05, 4.69) is 25.2 Å². The maximum atomic E-state index is 14.9. The Morgan fingerprint density at radius 2 is 1.71 bits per heavy atom. The van der Waals surface area contributed by atoms with Gasteiger partial charge in [-0.25, -0.2) is 0 Å². The molecular weight excluding hydrogens is 544 g/mol. The molecule has 42 heavy (non-hydrogen) atoms. The number of para-hydroxylation sites is 1. The number of benzene rings is 3. The van der Waals surface area contributed by atoms with Crippen LogP contribution in [0.25, 0.3) is 5.57 Å². The van der Waals surface area contributed by atoms with Crippen LogP contribution >= 0.6 is 11.6 Å². The maximum absolute atomic E-state index is 14.9. The second-order valence-corrected chi connectivity index (χ2v) is 13.9. The summed E-state index contributed by atoms with van der Waals surface area (Å²) in [6, 6.07) is 19.5. The summed E-state index contributed by atoms with van der Waals surface area (Å²) in [5.74, 6) is -1.00. The van der Waals surface area contributed by atoms with E-state index in [0.29, 0.717) is 22.2 Å². The lowest BCUT2D eigenvalue weighted by molar-refractivity contribution is -0.128. The first-order chi connectivity index (χ1) is 19.9. The number of carbonyl (C=O) groups is 3. The van der Waals surface area contributed by atoms with Crippen LogP contribution in [-0.2, 0) is 21.4 Å². The molecule has 5 nitrogen and oxygen atoms in total. The molecule has 0 unspecified atom stereocenters. The van der Waals surface area contributed by atoms with Crippen LogP contribution in [0.2, 0.25) is 5.02 Å². The van der Waals surface area contributed by atoms with Crippen LogP contribution in [-0.4, -0.2) is 29.6 Å². The Kier molecular flexibility index (Phi) is 6.73. The van der Waals surface area contributed by atoms with Crippen LogP contribution in [0.5, 0.6) is 0 Å². The third-order valence-corrected chi connectivity index (χ3v) is 9.35. The highest BCUT2D eigenvalue weighted by Crippen LogP contribution is 2.59. The standard InChI is InChI=1S/C36H37ClN2O3/c1-20(2)17-22-11-13-23(14-12-22)32(40)30-31(33(41)35(4,5)6)39-28-16-15-24(37)19-25(28)21(3)18-29(39)36(30)26-9-7-8-10-27(26)38-34(36)42/h7-16,18-20,29-31H,17H2,1-6H3,(H,38,42)/t29-,30+,31+,36-/m1/s1. The number of fused-ring (bicyclic) bond motifs is 6. The topological polar surface area (TPSA) is 66.5 Å². The number of allylic oxidation sites excluding steroid dienone is 1. The number of nitrogens with zero attached hydrogens (tertiary/aromatic N) is 1. The lowest BCUT2D eigenvalue weighted by Crippen LogP contribution is -2.51. The van der Waals surface area contributed by atoms with Gasteiger partial charge >= 0.3 is 0 Å². The Balaban J connectivity index is 1.64.